The Morgan fingerprint density at radius 1 is 1.21 bits per heavy atom. The number of carbonyl (C=O) groups is 4. The van der Waals surface area contributed by atoms with E-state index >= 15 is 0 Å². The normalized spacial score (nSPS) is 32.1. The summed E-state index contributed by atoms with van der Waals surface area (Å²) in [4.78, 5) is 53.5. The van der Waals surface area contributed by atoms with Gasteiger partial charge >= 0.3 is 5.97 Å². The number of thiocarbonyl (C=S) groups is 1. The summed E-state index contributed by atoms with van der Waals surface area (Å²) in [5, 5.41) is 4.95. The number of ether oxygens (including phenoxy) is 1. The van der Waals surface area contributed by atoms with E-state index in [4.69, 9.17) is 22.7 Å². The molecule has 0 spiro atoms. The average molecular weight is 570 g/mol. The van der Waals surface area contributed by atoms with Crippen LogP contribution < -0.4 is 21.1 Å². The van der Waals surface area contributed by atoms with E-state index in [1.165, 1.54) is 11.8 Å². The lowest BCUT2D eigenvalue weighted by molar-refractivity contribution is -0.146. The van der Waals surface area contributed by atoms with Gasteiger partial charge < -0.3 is 26.0 Å². The van der Waals surface area contributed by atoms with Gasteiger partial charge in [-0.05, 0) is 50.7 Å². The maximum absolute atomic E-state index is 13.6. The second-order valence-corrected chi connectivity index (χ2v) is 12.9. The monoisotopic (exact) mass is 569 g/mol. The van der Waals surface area contributed by atoms with Crippen LogP contribution in [-0.2, 0) is 33.9 Å². The molecule has 12 nitrogen and oxygen atoms in total. The lowest BCUT2D eigenvalue weighted by Crippen LogP contribution is -2.58. The van der Waals surface area contributed by atoms with Gasteiger partial charge in [-0.25, -0.2) is 8.42 Å². The average Bonchev–Trinajstić information content (AvgIpc) is 3.74. The first-order valence-electron chi connectivity index (χ1n) is 13.0. The number of fused-ring (bicyclic) bond motifs is 2. The number of hydrogen-bond acceptors (Lipinski definition) is 8. The Balaban J connectivity index is 1.62. The van der Waals surface area contributed by atoms with Crippen LogP contribution in [0.5, 0.6) is 0 Å². The molecular formula is C24H35N5O7S2. The van der Waals surface area contributed by atoms with Crippen LogP contribution in [0.3, 0.4) is 0 Å². The van der Waals surface area contributed by atoms with Crippen molar-refractivity contribution in [1.82, 2.24) is 20.3 Å². The van der Waals surface area contributed by atoms with Gasteiger partial charge in [-0.15, -0.1) is 0 Å². The number of nitrogens with zero attached hydrogens (tertiary/aromatic N) is 1. The first-order valence-corrected chi connectivity index (χ1v) is 15.0. The molecule has 5 atom stereocenters. The minimum atomic E-state index is -3.83. The highest BCUT2D eigenvalue weighted by atomic mass is 32.2. The van der Waals surface area contributed by atoms with Crippen molar-refractivity contribution in [2.45, 2.75) is 93.7 Å². The van der Waals surface area contributed by atoms with Crippen LogP contribution in [0.15, 0.2) is 12.2 Å². The van der Waals surface area contributed by atoms with Gasteiger partial charge in [0.05, 0.1) is 11.8 Å². The van der Waals surface area contributed by atoms with E-state index in [9.17, 15) is 27.6 Å². The summed E-state index contributed by atoms with van der Waals surface area (Å²) < 4.78 is 32.5. The smallest absolute Gasteiger partial charge is 0.302 e. The third-order valence-corrected chi connectivity index (χ3v) is 9.43. The molecule has 3 fully saturated rings. The van der Waals surface area contributed by atoms with Crippen molar-refractivity contribution < 1.29 is 32.3 Å². The molecule has 2 saturated carbocycles. The molecule has 4 aliphatic rings. The second kappa shape index (κ2) is 11.2. The van der Waals surface area contributed by atoms with Gasteiger partial charge in [-0.1, -0.05) is 25.0 Å². The van der Waals surface area contributed by atoms with Gasteiger partial charge in [-0.3, -0.25) is 23.9 Å². The molecule has 0 bridgehead atoms. The van der Waals surface area contributed by atoms with Gasteiger partial charge in [-0.2, -0.15) is 0 Å². The summed E-state index contributed by atoms with van der Waals surface area (Å²) in [6.07, 6.45) is 7.90. The number of rotatable bonds is 5. The summed E-state index contributed by atoms with van der Waals surface area (Å²) in [5.41, 5.74) is 4.23. The minimum absolute atomic E-state index is 0.00933. The van der Waals surface area contributed by atoms with Crippen LogP contribution in [0, 0.1) is 5.92 Å². The molecule has 2 heterocycles. The number of sulfonamides is 1. The zero-order chi connectivity index (χ0) is 27.7. The van der Waals surface area contributed by atoms with Crippen molar-refractivity contribution in [1.29, 1.82) is 0 Å². The minimum Gasteiger partial charge on any atom is -0.461 e. The number of amides is 3. The van der Waals surface area contributed by atoms with Crippen LogP contribution in [-0.4, -0.2) is 77.6 Å². The van der Waals surface area contributed by atoms with Crippen LogP contribution >= 0.6 is 12.2 Å². The van der Waals surface area contributed by atoms with Gasteiger partial charge in [0.25, 0.3) is 5.91 Å². The Morgan fingerprint density at radius 2 is 1.95 bits per heavy atom. The van der Waals surface area contributed by atoms with Gasteiger partial charge in [0.1, 0.15) is 23.7 Å². The Labute approximate surface area is 227 Å². The molecule has 0 aromatic heterocycles. The fraction of sp³-hybridized carbons (Fsp3) is 0.708. The van der Waals surface area contributed by atoms with E-state index in [0.717, 1.165) is 19.3 Å². The Kier molecular flexibility index (Phi) is 8.31. The summed E-state index contributed by atoms with van der Waals surface area (Å²) >= 11 is 4.97. The lowest BCUT2D eigenvalue weighted by atomic mass is 10.1. The number of allylic oxidation sites excluding steroid dienone is 1. The summed E-state index contributed by atoms with van der Waals surface area (Å²) in [5.74, 6) is -2.74. The molecule has 0 aromatic rings. The van der Waals surface area contributed by atoms with Crippen molar-refractivity contribution in [2.24, 2.45) is 11.7 Å². The Hall–Kier alpha value is -2.74. The fourth-order valence-corrected chi connectivity index (χ4v) is 6.76. The van der Waals surface area contributed by atoms with Gasteiger partial charge in [0, 0.05) is 19.3 Å². The highest BCUT2D eigenvalue weighted by Crippen LogP contribution is 2.46. The molecule has 3 amide bonds. The molecule has 2 aliphatic heterocycles. The quantitative estimate of drug-likeness (QED) is 0.196. The molecule has 0 radical (unpaired) electrons. The molecule has 0 unspecified atom stereocenters. The van der Waals surface area contributed by atoms with Crippen molar-refractivity contribution >= 4 is 51.0 Å². The Bertz CT molecular complexity index is 1140. The highest BCUT2D eigenvalue weighted by molar-refractivity contribution is 7.91. The highest BCUT2D eigenvalue weighted by Gasteiger charge is 2.62. The van der Waals surface area contributed by atoms with Crippen molar-refractivity contribution in [2.75, 3.05) is 6.54 Å². The molecule has 5 N–H and O–H groups in total. The van der Waals surface area contributed by atoms with Crippen molar-refractivity contribution in [3.05, 3.63) is 12.2 Å². The molecule has 38 heavy (non-hydrogen) atoms. The van der Waals surface area contributed by atoms with Crippen LogP contribution in [0.1, 0.15) is 64.7 Å². The van der Waals surface area contributed by atoms with Crippen molar-refractivity contribution in [3.8, 4) is 0 Å². The second-order valence-electron chi connectivity index (χ2n) is 10.5. The van der Waals surface area contributed by atoms with Crippen molar-refractivity contribution in [3.63, 3.8) is 0 Å². The van der Waals surface area contributed by atoms with Gasteiger partial charge in [0.15, 0.2) is 5.11 Å². The fourth-order valence-electron chi connectivity index (χ4n) is 5.25. The topological polar surface area (TPSA) is 177 Å². The third kappa shape index (κ3) is 6.45. The van der Waals surface area contributed by atoms with Crippen LogP contribution in [0.25, 0.3) is 0 Å². The van der Waals surface area contributed by atoms with Crippen LogP contribution in [0.4, 0.5) is 0 Å². The van der Waals surface area contributed by atoms with E-state index in [2.05, 4.69) is 15.4 Å². The number of nitrogens with two attached hydrogens (primary N) is 1. The predicted molar refractivity (Wildman–Crippen MR) is 141 cm³/mol. The van der Waals surface area contributed by atoms with E-state index in [1.54, 1.807) is 0 Å². The largest absolute Gasteiger partial charge is 0.461 e. The SMILES string of the molecule is CC(=O)O[C@@H]1C[C@H]2C(=O)N[C@]3(C(=O)NS(=O)(=O)C4CC4)C[C@H]3C=CCCCCC[C@H](NC(N)=S)C(=O)N2C1. The zero-order valence-electron chi connectivity index (χ0n) is 21.3. The summed E-state index contributed by atoms with van der Waals surface area (Å²) in [6, 6.07) is -1.81. The predicted octanol–water partition coefficient (Wildman–Crippen LogP) is -0.276. The summed E-state index contributed by atoms with van der Waals surface area (Å²) in [6.45, 7) is 1.24. The van der Waals surface area contributed by atoms with E-state index in [-0.39, 0.29) is 30.4 Å². The molecule has 1 saturated heterocycles. The number of hydrogen-bond donors (Lipinski definition) is 4. The van der Waals surface area contributed by atoms with E-state index < -0.39 is 62.7 Å². The first-order chi connectivity index (χ1) is 17.9. The number of nitrogens with one attached hydrogen (secondary N) is 3. The maximum atomic E-state index is 13.6. The lowest BCUT2D eigenvalue weighted by Gasteiger charge is -2.30. The molecule has 14 heteroatoms. The van der Waals surface area contributed by atoms with E-state index in [1.807, 2.05) is 12.2 Å². The van der Waals surface area contributed by atoms with Crippen LogP contribution in [0.2, 0.25) is 0 Å². The first kappa shape index (κ1) is 28.3. The van der Waals surface area contributed by atoms with E-state index in [0.29, 0.717) is 25.7 Å². The maximum Gasteiger partial charge on any atom is 0.302 e. The number of carbonyl (C=O) groups excluding carboxylic acids is 4. The molecule has 2 aliphatic carbocycles. The molecule has 0 aromatic carbocycles. The molecule has 4 rings (SSSR count). The standard InChI is InChI=1S/C24H35N5O7S2/c1-14(30)36-16-11-19-20(31)27-24(22(33)28-38(34,35)17-9-10-17)12-15(24)7-5-3-2-4-6-8-18(26-23(25)37)21(32)29(19)13-16/h5,7,15-19H,2-4,6,8-13H2,1H3,(H,27,31)(H,28,33)(H3,25,26,37)/t15-,16-,18+,19+,24-/m1/s1. The molecule has 210 valence electrons. The Morgan fingerprint density at radius 3 is 2.61 bits per heavy atom. The zero-order valence-corrected chi connectivity index (χ0v) is 22.9. The summed E-state index contributed by atoms with van der Waals surface area (Å²) in [7, 11) is -3.83. The van der Waals surface area contributed by atoms with Gasteiger partial charge in [0.2, 0.25) is 21.8 Å². The number of esters is 1. The molecular weight excluding hydrogens is 534 g/mol. The third-order valence-electron chi connectivity index (χ3n) is 7.49.